The molecule has 0 spiro atoms. The standard InChI is InChI=1S/C15H24O4S/c1-11-5-4-8-18-15(17)12(2)6-7-14(13(16)9-11)19-10-20-3/h5-6,13-14,16H,4,7-10H2,1-3H3/b11-5-,12-6-. The molecule has 20 heavy (non-hydrogen) atoms. The lowest BCUT2D eigenvalue weighted by molar-refractivity contribution is -0.138. The molecule has 0 saturated heterocycles. The molecule has 0 radical (unpaired) electrons. The molecular weight excluding hydrogens is 276 g/mol. The maximum Gasteiger partial charge on any atom is 0.333 e. The van der Waals surface area contributed by atoms with Crippen LogP contribution in [-0.2, 0) is 14.3 Å². The highest BCUT2D eigenvalue weighted by atomic mass is 32.2. The van der Waals surface area contributed by atoms with Crippen molar-refractivity contribution >= 4 is 17.7 Å². The van der Waals surface area contributed by atoms with Gasteiger partial charge in [0.1, 0.15) is 0 Å². The zero-order chi connectivity index (χ0) is 15.0. The number of carbonyl (C=O) groups excluding carboxylic acids is 1. The Balaban J connectivity index is 2.81. The van der Waals surface area contributed by atoms with Gasteiger partial charge in [-0.25, -0.2) is 4.79 Å². The number of carbonyl (C=O) groups is 1. The minimum absolute atomic E-state index is 0.297. The average molecular weight is 300 g/mol. The molecule has 0 aromatic heterocycles. The molecule has 1 heterocycles. The van der Waals surface area contributed by atoms with Gasteiger partial charge in [0.05, 0.1) is 24.8 Å². The van der Waals surface area contributed by atoms with Crippen molar-refractivity contribution in [3.05, 3.63) is 23.3 Å². The van der Waals surface area contributed by atoms with Crippen molar-refractivity contribution in [3.63, 3.8) is 0 Å². The number of hydrogen-bond donors (Lipinski definition) is 1. The van der Waals surface area contributed by atoms with Gasteiger partial charge in [-0.05, 0) is 39.4 Å². The lowest BCUT2D eigenvalue weighted by atomic mass is 10.0. The van der Waals surface area contributed by atoms with Crippen LogP contribution in [0.2, 0.25) is 0 Å². The maximum absolute atomic E-state index is 11.7. The monoisotopic (exact) mass is 300 g/mol. The normalized spacial score (nSPS) is 31.1. The molecule has 0 bridgehead atoms. The Morgan fingerprint density at radius 2 is 2.20 bits per heavy atom. The Morgan fingerprint density at radius 3 is 2.90 bits per heavy atom. The van der Waals surface area contributed by atoms with Gasteiger partial charge in [0.15, 0.2) is 0 Å². The number of cyclic esters (lactones) is 1. The predicted molar refractivity (Wildman–Crippen MR) is 81.6 cm³/mol. The summed E-state index contributed by atoms with van der Waals surface area (Å²) in [6, 6.07) is 0. The van der Waals surface area contributed by atoms with Gasteiger partial charge in [0.2, 0.25) is 0 Å². The SMILES string of the molecule is CSCOC1C/C=C(/C)C(=O)OCC/C=C(/C)CC1O. The Bertz CT molecular complexity index is 376. The van der Waals surface area contributed by atoms with E-state index in [1.54, 1.807) is 24.8 Å². The second-order valence-corrected chi connectivity index (χ2v) is 5.79. The van der Waals surface area contributed by atoms with Crippen LogP contribution in [0.15, 0.2) is 23.3 Å². The molecule has 1 aliphatic rings. The highest BCUT2D eigenvalue weighted by Gasteiger charge is 2.20. The van der Waals surface area contributed by atoms with E-state index >= 15 is 0 Å². The minimum atomic E-state index is -0.558. The molecule has 0 aromatic rings. The molecule has 1 aliphatic heterocycles. The summed E-state index contributed by atoms with van der Waals surface area (Å²) < 4.78 is 10.8. The largest absolute Gasteiger partial charge is 0.462 e. The smallest absolute Gasteiger partial charge is 0.333 e. The van der Waals surface area contributed by atoms with Gasteiger partial charge in [-0.15, -0.1) is 11.8 Å². The summed E-state index contributed by atoms with van der Waals surface area (Å²) >= 11 is 1.57. The Hall–Kier alpha value is -0.780. The molecule has 1 N–H and O–H groups in total. The molecule has 1 rings (SSSR count). The van der Waals surface area contributed by atoms with Crippen molar-refractivity contribution in [2.75, 3.05) is 18.8 Å². The highest BCUT2D eigenvalue weighted by molar-refractivity contribution is 7.98. The number of aliphatic hydroxyl groups is 1. The van der Waals surface area contributed by atoms with Crippen LogP contribution in [0.1, 0.15) is 33.1 Å². The third-order valence-corrected chi connectivity index (χ3v) is 3.55. The van der Waals surface area contributed by atoms with Gasteiger partial charge in [0.25, 0.3) is 0 Å². The second-order valence-electron chi connectivity index (χ2n) is 4.98. The van der Waals surface area contributed by atoms with Gasteiger partial charge in [-0.1, -0.05) is 17.7 Å². The van der Waals surface area contributed by atoms with Gasteiger partial charge in [0, 0.05) is 5.57 Å². The third-order valence-electron chi connectivity index (χ3n) is 3.18. The highest BCUT2D eigenvalue weighted by Crippen LogP contribution is 2.17. The topological polar surface area (TPSA) is 55.8 Å². The van der Waals surface area contributed by atoms with E-state index in [0.717, 1.165) is 5.57 Å². The van der Waals surface area contributed by atoms with Gasteiger partial charge in [-0.3, -0.25) is 0 Å². The van der Waals surface area contributed by atoms with E-state index in [0.29, 0.717) is 37.4 Å². The van der Waals surface area contributed by atoms with Crippen LogP contribution in [-0.4, -0.2) is 42.1 Å². The first-order valence-electron chi connectivity index (χ1n) is 6.82. The summed E-state index contributed by atoms with van der Waals surface area (Å²) in [5.74, 6) is 0.233. The van der Waals surface area contributed by atoms with Crippen LogP contribution in [0.4, 0.5) is 0 Å². The van der Waals surface area contributed by atoms with E-state index in [2.05, 4.69) is 0 Å². The lowest BCUT2D eigenvalue weighted by Gasteiger charge is -2.23. The molecular formula is C15H24O4S. The molecule has 2 unspecified atom stereocenters. The van der Waals surface area contributed by atoms with E-state index < -0.39 is 6.10 Å². The van der Waals surface area contributed by atoms with Crippen LogP contribution in [0, 0.1) is 0 Å². The number of esters is 1. The second kappa shape index (κ2) is 9.21. The number of aliphatic hydroxyl groups excluding tert-OH is 1. The van der Waals surface area contributed by atoms with Gasteiger partial charge in [-0.2, -0.15) is 0 Å². The fourth-order valence-electron chi connectivity index (χ4n) is 1.98. The van der Waals surface area contributed by atoms with E-state index in [1.165, 1.54) is 0 Å². The first-order chi connectivity index (χ1) is 9.54. The summed E-state index contributed by atoms with van der Waals surface area (Å²) in [5, 5.41) is 10.3. The Labute approximate surface area is 125 Å². The van der Waals surface area contributed by atoms with E-state index in [4.69, 9.17) is 9.47 Å². The number of ether oxygens (including phenoxy) is 2. The fraction of sp³-hybridized carbons (Fsp3) is 0.667. The zero-order valence-corrected chi connectivity index (χ0v) is 13.2. The van der Waals surface area contributed by atoms with Gasteiger partial charge >= 0.3 is 5.97 Å². The van der Waals surface area contributed by atoms with Crippen LogP contribution in [0.25, 0.3) is 0 Å². The van der Waals surface area contributed by atoms with Crippen molar-refractivity contribution in [2.24, 2.45) is 0 Å². The first kappa shape index (κ1) is 17.3. The average Bonchev–Trinajstić information content (AvgIpc) is 2.41. The molecule has 2 atom stereocenters. The van der Waals surface area contributed by atoms with E-state index in [1.807, 2.05) is 19.3 Å². The number of hydrogen-bond acceptors (Lipinski definition) is 5. The zero-order valence-electron chi connectivity index (χ0n) is 12.4. The summed E-state index contributed by atoms with van der Waals surface area (Å²) in [5.41, 5.74) is 1.66. The van der Waals surface area contributed by atoms with Crippen LogP contribution >= 0.6 is 11.8 Å². The molecule has 0 amide bonds. The quantitative estimate of drug-likeness (QED) is 0.493. The molecule has 5 heteroatoms. The van der Waals surface area contributed by atoms with Crippen LogP contribution in [0.5, 0.6) is 0 Å². The Kier molecular flexibility index (Phi) is 7.95. The summed E-state index contributed by atoms with van der Waals surface area (Å²) in [6.45, 7) is 4.08. The maximum atomic E-state index is 11.7. The molecule has 0 aliphatic carbocycles. The number of rotatable bonds is 3. The first-order valence-corrected chi connectivity index (χ1v) is 8.22. The van der Waals surface area contributed by atoms with Crippen LogP contribution in [0.3, 0.4) is 0 Å². The molecule has 0 saturated carbocycles. The van der Waals surface area contributed by atoms with Crippen molar-refractivity contribution < 1.29 is 19.4 Å². The van der Waals surface area contributed by atoms with E-state index in [-0.39, 0.29) is 12.1 Å². The molecule has 0 fully saturated rings. The van der Waals surface area contributed by atoms with Crippen molar-refractivity contribution in [3.8, 4) is 0 Å². The van der Waals surface area contributed by atoms with Crippen molar-refractivity contribution in [1.29, 1.82) is 0 Å². The van der Waals surface area contributed by atoms with Crippen molar-refractivity contribution in [2.45, 2.75) is 45.3 Å². The molecule has 4 nitrogen and oxygen atoms in total. The molecule has 114 valence electrons. The van der Waals surface area contributed by atoms with Crippen LogP contribution < -0.4 is 0 Å². The lowest BCUT2D eigenvalue weighted by Crippen LogP contribution is -2.29. The summed E-state index contributed by atoms with van der Waals surface area (Å²) in [6.07, 6.45) is 6.65. The minimum Gasteiger partial charge on any atom is -0.462 e. The van der Waals surface area contributed by atoms with Gasteiger partial charge < -0.3 is 14.6 Å². The summed E-state index contributed by atoms with van der Waals surface area (Å²) in [4.78, 5) is 11.7. The van der Waals surface area contributed by atoms with E-state index in [9.17, 15) is 9.90 Å². The number of thioether (sulfide) groups is 1. The third kappa shape index (κ3) is 6.11. The predicted octanol–water partition coefficient (Wildman–Crippen LogP) is 2.67. The molecule has 0 aromatic carbocycles. The Morgan fingerprint density at radius 1 is 1.45 bits per heavy atom. The fourth-order valence-corrected chi connectivity index (χ4v) is 2.29. The van der Waals surface area contributed by atoms with Crippen molar-refractivity contribution in [1.82, 2.24) is 0 Å². The summed E-state index contributed by atoms with van der Waals surface area (Å²) in [7, 11) is 0.